The van der Waals surface area contributed by atoms with E-state index < -0.39 is 6.10 Å². The Morgan fingerprint density at radius 1 is 1.53 bits per heavy atom. The molecule has 1 aliphatic rings. The van der Waals surface area contributed by atoms with Crippen LogP contribution in [0.5, 0.6) is 0 Å². The van der Waals surface area contributed by atoms with Gasteiger partial charge in [0.05, 0.1) is 11.0 Å². The van der Waals surface area contributed by atoms with Crippen LogP contribution in [-0.4, -0.2) is 34.6 Å². The maximum Gasteiger partial charge on any atom is 0.304 e. The lowest BCUT2D eigenvalue weighted by Crippen LogP contribution is -2.32. The second kappa shape index (κ2) is 5.24. The molecule has 0 aliphatic carbocycles. The third kappa shape index (κ3) is 2.72. The third-order valence-corrected chi connectivity index (χ3v) is 4.92. The molecule has 1 saturated heterocycles. The number of nitro groups is 1. The first-order valence-corrected chi connectivity index (χ1v) is 7.35. The smallest absolute Gasteiger partial charge is 0.304 e. The van der Waals surface area contributed by atoms with E-state index in [1.807, 2.05) is 16.7 Å². The van der Waals surface area contributed by atoms with Gasteiger partial charge in [0.25, 0.3) is 0 Å². The lowest BCUT2D eigenvalue weighted by molar-refractivity contribution is -0.383. The predicted octanol–water partition coefficient (Wildman–Crippen LogP) is 2.26. The molecule has 1 atom stereocenters. The number of aliphatic hydroxyl groups excluding tert-OH is 1. The average Bonchev–Trinajstić information content (AvgIpc) is 2.75. The Bertz CT molecular complexity index is 414. The minimum absolute atomic E-state index is 0.123. The molecule has 1 N–H and O–H groups in total. The number of rotatable bonds is 3. The molecule has 7 heteroatoms. The monoisotopic (exact) mass is 274 g/mol. The fraction of sp³-hybridized carbons (Fsp3) is 0.600. The number of aliphatic hydroxyl groups is 1. The molecule has 0 radical (unpaired) electrons. The van der Waals surface area contributed by atoms with Crippen molar-refractivity contribution in [2.75, 3.05) is 29.5 Å². The molecule has 17 heavy (non-hydrogen) atoms. The fourth-order valence-corrected chi connectivity index (χ4v) is 3.74. The van der Waals surface area contributed by atoms with Crippen molar-refractivity contribution in [1.82, 2.24) is 0 Å². The summed E-state index contributed by atoms with van der Waals surface area (Å²) in [6.45, 7) is 3.31. The van der Waals surface area contributed by atoms with Crippen molar-refractivity contribution in [2.45, 2.75) is 13.0 Å². The van der Waals surface area contributed by atoms with Crippen LogP contribution in [0.1, 0.15) is 17.9 Å². The van der Waals surface area contributed by atoms with Crippen LogP contribution in [0.25, 0.3) is 0 Å². The number of anilines is 1. The van der Waals surface area contributed by atoms with Crippen molar-refractivity contribution < 1.29 is 10.0 Å². The quantitative estimate of drug-likeness (QED) is 0.676. The molecule has 0 bridgehead atoms. The Morgan fingerprint density at radius 3 is 2.71 bits per heavy atom. The molecule has 94 valence electrons. The Labute approximate surface area is 108 Å². The molecular formula is C10H14N2O3S2. The number of thioether (sulfide) groups is 1. The van der Waals surface area contributed by atoms with Crippen molar-refractivity contribution in [1.29, 1.82) is 0 Å². The van der Waals surface area contributed by atoms with E-state index in [4.69, 9.17) is 0 Å². The van der Waals surface area contributed by atoms with Gasteiger partial charge in [0.1, 0.15) is 0 Å². The number of thiophene rings is 1. The van der Waals surface area contributed by atoms with Gasteiger partial charge in [-0.3, -0.25) is 10.1 Å². The predicted molar refractivity (Wildman–Crippen MR) is 71.1 cm³/mol. The Kier molecular flexibility index (Phi) is 3.90. The van der Waals surface area contributed by atoms with Crippen LogP contribution in [0.3, 0.4) is 0 Å². The number of hydrogen-bond donors (Lipinski definition) is 1. The summed E-state index contributed by atoms with van der Waals surface area (Å²) >= 11 is 3.19. The van der Waals surface area contributed by atoms with Crippen LogP contribution in [0, 0.1) is 10.1 Å². The SMILES string of the molecule is C[C@H](O)c1cc([N+](=O)[O-])c(N2CCSCC2)s1. The van der Waals surface area contributed by atoms with E-state index in [0.717, 1.165) is 24.6 Å². The summed E-state index contributed by atoms with van der Waals surface area (Å²) in [6, 6.07) is 1.49. The van der Waals surface area contributed by atoms with Crippen LogP contribution < -0.4 is 4.90 Å². The molecule has 1 fully saturated rings. The van der Waals surface area contributed by atoms with E-state index in [2.05, 4.69) is 0 Å². The van der Waals surface area contributed by atoms with Gasteiger partial charge in [0, 0.05) is 35.5 Å². The Balaban J connectivity index is 2.32. The summed E-state index contributed by atoms with van der Waals surface area (Å²) in [5.41, 5.74) is 0.123. The maximum absolute atomic E-state index is 11.0. The molecule has 0 unspecified atom stereocenters. The van der Waals surface area contributed by atoms with Gasteiger partial charge in [-0.25, -0.2) is 0 Å². The molecule has 5 nitrogen and oxygen atoms in total. The zero-order valence-corrected chi connectivity index (χ0v) is 11.1. The summed E-state index contributed by atoms with van der Waals surface area (Å²) in [7, 11) is 0. The van der Waals surface area contributed by atoms with E-state index in [0.29, 0.717) is 9.88 Å². The van der Waals surface area contributed by atoms with Crippen molar-refractivity contribution >= 4 is 33.8 Å². The second-order valence-corrected chi connectivity index (χ2v) is 6.16. The summed E-state index contributed by atoms with van der Waals surface area (Å²) in [5.74, 6) is 2.00. The molecule has 2 rings (SSSR count). The lowest BCUT2D eigenvalue weighted by Gasteiger charge is -2.26. The summed E-state index contributed by atoms with van der Waals surface area (Å²) in [5, 5.41) is 21.2. The van der Waals surface area contributed by atoms with Crippen LogP contribution in [0.2, 0.25) is 0 Å². The van der Waals surface area contributed by atoms with E-state index in [1.165, 1.54) is 17.4 Å². The van der Waals surface area contributed by atoms with Crippen LogP contribution >= 0.6 is 23.1 Å². The van der Waals surface area contributed by atoms with Crippen LogP contribution in [0.4, 0.5) is 10.7 Å². The van der Waals surface area contributed by atoms with E-state index in [1.54, 1.807) is 6.92 Å². The summed E-state index contributed by atoms with van der Waals surface area (Å²) in [4.78, 5) is 13.3. The first kappa shape index (κ1) is 12.7. The van der Waals surface area contributed by atoms with Gasteiger partial charge in [0.2, 0.25) is 0 Å². The van der Waals surface area contributed by atoms with E-state index >= 15 is 0 Å². The largest absolute Gasteiger partial charge is 0.388 e. The molecule has 1 aliphatic heterocycles. The first-order valence-electron chi connectivity index (χ1n) is 5.38. The highest BCUT2D eigenvalue weighted by atomic mass is 32.2. The van der Waals surface area contributed by atoms with E-state index in [9.17, 15) is 15.2 Å². The highest BCUT2D eigenvalue weighted by Gasteiger charge is 2.26. The van der Waals surface area contributed by atoms with Crippen molar-refractivity contribution in [3.05, 3.63) is 21.1 Å². The minimum Gasteiger partial charge on any atom is -0.388 e. The van der Waals surface area contributed by atoms with Gasteiger partial charge in [-0.2, -0.15) is 11.8 Å². The standard InChI is InChI=1S/C10H14N2O3S2/c1-7(13)9-6-8(12(14)15)10(17-9)11-2-4-16-5-3-11/h6-7,13H,2-5H2,1H3/t7-/m0/s1. The highest BCUT2D eigenvalue weighted by Crippen LogP contribution is 2.40. The van der Waals surface area contributed by atoms with Crippen LogP contribution in [-0.2, 0) is 0 Å². The fourth-order valence-electron chi connectivity index (χ4n) is 1.72. The van der Waals surface area contributed by atoms with Crippen molar-refractivity contribution in [2.24, 2.45) is 0 Å². The summed E-state index contributed by atoms with van der Waals surface area (Å²) in [6.07, 6.45) is -0.647. The molecule has 1 aromatic heterocycles. The zero-order chi connectivity index (χ0) is 12.4. The Hall–Kier alpha value is -0.790. The summed E-state index contributed by atoms with van der Waals surface area (Å²) < 4.78 is 0. The van der Waals surface area contributed by atoms with Gasteiger partial charge in [-0.1, -0.05) is 0 Å². The third-order valence-electron chi connectivity index (χ3n) is 2.62. The van der Waals surface area contributed by atoms with Gasteiger partial charge >= 0.3 is 5.69 Å². The average molecular weight is 274 g/mol. The molecule has 0 aromatic carbocycles. The van der Waals surface area contributed by atoms with Gasteiger partial charge < -0.3 is 10.0 Å². The topological polar surface area (TPSA) is 66.6 Å². The molecule has 1 aromatic rings. The molecule has 0 amide bonds. The van der Waals surface area contributed by atoms with Gasteiger partial charge in [-0.15, -0.1) is 11.3 Å². The molecule has 0 saturated carbocycles. The zero-order valence-electron chi connectivity index (χ0n) is 9.46. The second-order valence-electron chi connectivity index (χ2n) is 3.87. The highest BCUT2D eigenvalue weighted by molar-refractivity contribution is 7.99. The van der Waals surface area contributed by atoms with Gasteiger partial charge in [-0.05, 0) is 6.92 Å². The Morgan fingerprint density at radius 2 is 2.18 bits per heavy atom. The van der Waals surface area contributed by atoms with Crippen molar-refractivity contribution in [3.8, 4) is 0 Å². The van der Waals surface area contributed by atoms with Crippen LogP contribution in [0.15, 0.2) is 6.07 Å². The van der Waals surface area contributed by atoms with Crippen molar-refractivity contribution in [3.63, 3.8) is 0 Å². The molecular weight excluding hydrogens is 260 g/mol. The minimum atomic E-state index is -0.647. The number of hydrogen-bond acceptors (Lipinski definition) is 6. The lowest BCUT2D eigenvalue weighted by atomic mass is 10.3. The molecule has 0 spiro atoms. The number of nitrogens with zero attached hydrogens (tertiary/aromatic N) is 2. The normalized spacial score (nSPS) is 18.1. The maximum atomic E-state index is 11.0. The van der Waals surface area contributed by atoms with Gasteiger partial charge in [0.15, 0.2) is 5.00 Å². The van der Waals surface area contributed by atoms with E-state index in [-0.39, 0.29) is 10.6 Å². The first-order chi connectivity index (χ1) is 8.09. The molecule has 2 heterocycles.